The van der Waals surface area contributed by atoms with Gasteiger partial charge in [-0.25, -0.2) is 9.13 Å². The Hall–Kier alpha value is -1.04. The lowest BCUT2D eigenvalue weighted by Crippen LogP contribution is -2.35. The molecule has 0 aliphatic carbocycles. The van der Waals surface area contributed by atoms with Gasteiger partial charge >= 0.3 is 15.6 Å². The van der Waals surface area contributed by atoms with Crippen molar-refractivity contribution in [2.45, 2.75) is 24.6 Å². The van der Waals surface area contributed by atoms with Crippen LogP contribution < -0.4 is 9.47 Å². The highest BCUT2D eigenvalue weighted by atomic mass is 31.3. The third-order valence-corrected chi connectivity index (χ3v) is 6.06. The summed E-state index contributed by atoms with van der Waals surface area (Å²) < 4.78 is 51.0. The van der Waals surface area contributed by atoms with Crippen molar-refractivity contribution in [2.24, 2.45) is 0 Å². The number of methoxy groups -OCH3 is 1. The van der Waals surface area contributed by atoms with E-state index >= 15 is 0 Å². The minimum Gasteiger partial charge on any atom is -0.497 e. The van der Waals surface area contributed by atoms with Crippen LogP contribution in [0, 0.1) is 0 Å². The minimum absolute atomic E-state index is 0.311. The maximum atomic E-state index is 11.6. The van der Waals surface area contributed by atoms with Crippen LogP contribution in [0.4, 0.5) is 0 Å². The first-order valence-corrected chi connectivity index (χ1v) is 10.5. The van der Waals surface area contributed by atoms with Crippen molar-refractivity contribution in [2.75, 3.05) is 20.8 Å². The molecule has 0 aromatic heterocycles. The normalized spacial score (nSPS) is 29.7. The topological polar surface area (TPSA) is 170 Å². The summed E-state index contributed by atoms with van der Waals surface area (Å²) in [5.41, 5.74) is 0. The molecule has 27 heavy (non-hydrogen) atoms. The van der Waals surface area contributed by atoms with Gasteiger partial charge in [-0.05, 0) is 24.3 Å². The Bertz CT molecular complexity index is 710. The standard InChI is InChI=1S/C13H20O12P2/c1-20-8-3-5-9(6-4-8)23-13-12(15)11(14)10(24-13)7-22-27(18,19)25-26(16,17)21-2/h3-6,10-15H,7H2,1-2H3,(H,16,17)(H,18,19)/t10-,11-,12-,13-/m1/s1. The molecule has 1 aromatic carbocycles. The number of aliphatic hydroxyl groups excluding tert-OH is 2. The van der Waals surface area contributed by atoms with Crippen LogP contribution in [-0.4, -0.2) is 65.4 Å². The average Bonchev–Trinajstić information content (AvgIpc) is 2.88. The molecule has 4 N–H and O–H groups in total. The first-order valence-electron chi connectivity index (χ1n) is 7.46. The maximum absolute atomic E-state index is 11.6. The van der Waals surface area contributed by atoms with Gasteiger partial charge in [0.2, 0.25) is 6.29 Å². The molecule has 1 fully saturated rings. The Morgan fingerprint density at radius 3 is 2.15 bits per heavy atom. The molecule has 14 heteroatoms. The zero-order chi connectivity index (χ0) is 20.2. The molecule has 6 atom stereocenters. The van der Waals surface area contributed by atoms with Crippen molar-refractivity contribution in [3.8, 4) is 11.5 Å². The number of phosphoric acid groups is 2. The maximum Gasteiger partial charge on any atom is 0.481 e. The van der Waals surface area contributed by atoms with E-state index in [4.69, 9.17) is 19.1 Å². The van der Waals surface area contributed by atoms with Gasteiger partial charge in [0.25, 0.3) is 0 Å². The van der Waals surface area contributed by atoms with E-state index in [1.807, 2.05) is 0 Å². The fourth-order valence-electron chi connectivity index (χ4n) is 2.09. The van der Waals surface area contributed by atoms with Crippen LogP contribution in [0.1, 0.15) is 0 Å². The molecular weight excluding hydrogens is 410 g/mol. The van der Waals surface area contributed by atoms with Crippen LogP contribution in [0.3, 0.4) is 0 Å². The summed E-state index contributed by atoms with van der Waals surface area (Å²) in [4.78, 5) is 18.4. The number of rotatable bonds is 9. The van der Waals surface area contributed by atoms with Crippen LogP contribution in [0.2, 0.25) is 0 Å². The van der Waals surface area contributed by atoms with Gasteiger partial charge in [0.1, 0.15) is 29.8 Å². The molecule has 1 saturated heterocycles. The fourth-order valence-corrected chi connectivity index (χ4v) is 3.93. The van der Waals surface area contributed by atoms with Gasteiger partial charge in [0.05, 0.1) is 13.7 Å². The Morgan fingerprint density at radius 2 is 1.59 bits per heavy atom. The largest absolute Gasteiger partial charge is 0.497 e. The number of benzene rings is 1. The van der Waals surface area contributed by atoms with Crippen molar-refractivity contribution >= 4 is 15.6 Å². The summed E-state index contributed by atoms with van der Waals surface area (Å²) in [6.07, 6.45) is -5.56. The van der Waals surface area contributed by atoms with Crippen LogP contribution in [0.15, 0.2) is 24.3 Å². The second-order valence-corrected chi connectivity index (χ2v) is 8.47. The van der Waals surface area contributed by atoms with Crippen LogP contribution in [-0.2, 0) is 27.2 Å². The van der Waals surface area contributed by atoms with Crippen molar-refractivity contribution in [3.05, 3.63) is 24.3 Å². The third-order valence-electron chi connectivity index (χ3n) is 3.47. The van der Waals surface area contributed by atoms with E-state index in [1.165, 1.54) is 7.11 Å². The molecular formula is C13H20O12P2. The molecule has 1 aliphatic rings. The van der Waals surface area contributed by atoms with Crippen LogP contribution >= 0.6 is 15.6 Å². The van der Waals surface area contributed by atoms with Crippen LogP contribution in [0.5, 0.6) is 11.5 Å². The van der Waals surface area contributed by atoms with Gasteiger partial charge in [-0.3, -0.25) is 9.05 Å². The minimum atomic E-state index is -4.99. The van der Waals surface area contributed by atoms with Crippen molar-refractivity contribution < 1.29 is 56.7 Å². The Morgan fingerprint density at radius 1 is 1.00 bits per heavy atom. The molecule has 0 bridgehead atoms. The van der Waals surface area contributed by atoms with Gasteiger partial charge < -0.3 is 34.2 Å². The molecule has 154 valence electrons. The molecule has 1 aliphatic heterocycles. The zero-order valence-electron chi connectivity index (χ0n) is 14.3. The number of phosphoric ester groups is 2. The SMILES string of the molecule is COc1ccc(O[C@@H]2O[C@H](COP(=O)(O)OP(=O)(O)OC)[C@@H](O)[C@H]2O)cc1. The van der Waals surface area contributed by atoms with Gasteiger partial charge in [0.15, 0.2) is 0 Å². The highest BCUT2D eigenvalue weighted by Crippen LogP contribution is 2.60. The summed E-state index contributed by atoms with van der Waals surface area (Å²) in [6.45, 7) is -0.738. The second kappa shape index (κ2) is 8.97. The molecule has 2 rings (SSSR count). The van der Waals surface area contributed by atoms with Gasteiger partial charge in [-0.2, -0.15) is 4.31 Å². The lowest BCUT2D eigenvalue weighted by Gasteiger charge is -2.18. The first-order chi connectivity index (χ1) is 12.6. The van der Waals surface area contributed by atoms with Crippen molar-refractivity contribution in [3.63, 3.8) is 0 Å². The summed E-state index contributed by atoms with van der Waals surface area (Å²) in [7, 11) is -7.48. The number of hydrogen-bond acceptors (Lipinski definition) is 10. The summed E-state index contributed by atoms with van der Waals surface area (Å²) in [6, 6.07) is 6.31. The number of ether oxygens (including phenoxy) is 3. The van der Waals surface area contributed by atoms with Gasteiger partial charge in [-0.1, -0.05) is 0 Å². The Labute approximate surface area is 154 Å². The van der Waals surface area contributed by atoms with Crippen molar-refractivity contribution in [1.29, 1.82) is 0 Å². The average molecular weight is 430 g/mol. The summed E-state index contributed by atoms with van der Waals surface area (Å²) >= 11 is 0. The molecule has 2 unspecified atom stereocenters. The Balaban J connectivity index is 1.93. The van der Waals surface area contributed by atoms with Gasteiger partial charge in [0, 0.05) is 7.11 Å². The van der Waals surface area contributed by atoms with E-state index < -0.39 is 46.9 Å². The zero-order valence-corrected chi connectivity index (χ0v) is 16.1. The monoisotopic (exact) mass is 430 g/mol. The molecule has 0 radical (unpaired) electrons. The highest BCUT2D eigenvalue weighted by Gasteiger charge is 2.46. The summed E-state index contributed by atoms with van der Waals surface area (Å²) in [5, 5.41) is 20.0. The molecule has 1 aromatic rings. The number of aliphatic hydroxyl groups is 2. The lowest BCUT2D eigenvalue weighted by atomic mass is 10.1. The van der Waals surface area contributed by atoms with E-state index in [0.29, 0.717) is 11.5 Å². The van der Waals surface area contributed by atoms with Crippen molar-refractivity contribution in [1.82, 2.24) is 0 Å². The van der Waals surface area contributed by atoms with E-state index in [1.54, 1.807) is 24.3 Å². The molecule has 12 nitrogen and oxygen atoms in total. The predicted octanol–water partition coefficient (Wildman–Crippen LogP) is 0.401. The molecule has 0 amide bonds. The quantitative estimate of drug-likeness (QED) is 0.398. The number of hydrogen-bond donors (Lipinski definition) is 4. The smallest absolute Gasteiger partial charge is 0.481 e. The first kappa shape index (κ1) is 22.3. The van der Waals surface area contributed by atoms with E-state index in [2.05, 4.69) is 13.4 Å². The Kier molecular flexibility index (Phi) is 7.40. The third kappa shape index (κ3) is 6.23. The van der Waals surface area contributed by atoms with E-state index in [-0.39, 0.29) is 0 Å². The molecule has 1 heterocycles. The highest BCUT2D eigenvalue weighted by molar-refractivity contribution is 7.61. The van der Waals surface area contributed by atoms with Crippen LogP contribution in [0.25, 0.3) is 0 Å². The molecule has 0 spiro atoms. The van der Waals surface area contributed by atoms with Gasteiger partial charge in [-0.15, -0.1) is 0 Å². The predicted molar refractivity (Wildman–Crippen MR) is 88.0 cm³/mol. The second-order valence-electron chi connectivity index (χ2n) is 5.31. The van der Waals surface area contributed by atoms with E-state index in [9.17, 15) is 24.2 Å². The summed E-state index contributed by atoms with van der Waals surface area (Å²) in [5.74, 6) is 0.892. The fraction of sp³-hybridized carbons (Fsp3) is 0.538. The lowest BCUT2D eigenvalue weighted by molar-refractivity contribution is -0.115. The van der Waals surface area contributed by atoms with E-state index in [0.717, 1.165) is 7.11 Å². The molecule has 0 saturated carbocycles.